The van der Waals surface area contributed by atoms with Crippen LogP contribution in [0.4, 0.5) is 0 Å². The Hall–Kier alpha value is -1.61. The minimum atomic E-state index is -0.495. The van der Waals surface area contributed by atoms with Crippen LogP contribution < -0.4 is 5.73 Å². The van der Waals surface area contributed by atoms with Crippen LogP contribution in [-0.4, -0.2) is 10.9 Å². The molecule has 2 aromatic rings. The summed E-state index contributed by atoms with van der Waals surface area (Å²) in [5.41, 5.74) is 5.60. The maximum atomic E-state index is 11.1. The molecule has 0 bridgehead atoms. The molecule has 2 rings (SSSR count). The summed E-state index contributed by atoms with van der Waals surface area (Å²) >= 11 is 5.87. The molecule has 1 aromatic carbocycles. The van der Waals surface area contributed by atoms with E-state index in [1.807, 2.05) is 12.1 Å². The zero-order valence-electron chi connectivity index (χ0n) is 7.20. The average Bonchev–Trinajstić information content (AvgIpc) is 2.18. The number of carbonyl (C=O) groups excluding carboxylic acids is 1. The van der Waals surface area contributed by atoms with Gasteiger partial charge in [0.25, 0.3) is 5.91 Å². The first kappa shape index (κ1) is 8.97. The van der Waals surface area contributed by atoms with Gasteiger partial charge in [-0.2, -0.15) is 0 Å². The Labute approximate surface area is 85.5 Å². The fourth-order valence-corrected chi connectivity index (χ4v) is 1.57. The average molecular weight is 207 g/mol. The maximum Gasteiger partial charge on any atom is 0.250 e. The normalized spacial score (nSPS) is 10.4. The Morgan fingerprint density at radius 1 is 1.29 bits per heavy atom. The Bertz CT molecular complexity index is 510. The standard InChI is InChI=1S/C10H7ClN2O/c11-9-7-4-2-1-3-6(7)8(5-13-9)10(12)14/h1-5H,(H2,12,14). The number of primary amides is 1. The zero-order valence-corrected chi connectivity index (χ0v) is 7.95. The number of rotatable bonds is 1. The lowest BCUT2D eigenvalue weighted by molar-refractivity contribution is 0.100. The smallest absolute Gasteiger partial charge is 0.250 e. The number of hydrogen-bond donors (Lipinski definition) is 1. The summed E-state index contributed by atoms with van der Waals surface area (Å²) in [6, 6.07) is 7.26. The molecular formula is C10H7ClN2O. The number of nitrogens with two attached hydrogens (primary N) is 1. The molecule has 3 nitrogen and oxygen atoms in total. The van der Waals surface area contributed by atoms with Crippen molar-refractivity contribution < 1.29 is 4.79 Å². The highest BCUT2D eigenvalue weighted by molar-refractivity contribution is 6.34. The molecule has 0 radical (unpaired) electrons. The summed E-state index contributed by atoms with van der Waals surface area (Å²) in [6.07, 6.45) is 1.40. The van der Waals surface area contributed by atoms with Gasteiger partial charge in [-0.25, -0.2) is 4.98 Å². The first-order chi connectivity index (χ1) is 6.70. The molecule has 0 saturated carbocycles. The largest absolute Gasteiger partial charge is 0.366 e. The van der Waals surface area contributed by atoms with E-state index in [1.54, 1.807) is 12.1 Å². The number of benzene rings is 1. The first-order valence-electron chi connectivity index (χ1n) is 4.03. The monoisotopic (exact) mass is 206 g/mol. The summed E-state index contributed by atoms with van der Waals surface area (Å²) in [4.78, 5) is 15.0. The predicted octanol–water partition coefficient (Wildman–Crippen LogP) is 1.99. The Kier molecular flexibility index (Phi) is 2.09. The molecule has 1 aromatic heterocycles. The van der Waals surface area contributed by atoms with Crippen LogP contribution in [0.2, 0.25) is 5.15 Å². The third kappa shape index (κ3) is 1.32. The molecule has 4 heteroatoms. The zero-order chi connectivity index (χ0) is 10.1. The molecule has 0 unspecified atom stereocenters. The third-order valence-electron chi connectivity index (χ3n) is 2.01. The predicted molar refractivity (Wildman–Crippen MR) is 55.3 cm³/mol. The highest BCUT2D eigenvalue weighted by atomic mass is 35.5. The van der Waals surface area contributed by atoms with E-state index in [4.69, 9.17) is 17.3 Å². The lowest BCUT2D eigenvalue weighted by Gasteiger charge is -2.03. The second-order valence-corrected chi connectivity index (χ2v) is 3.23. The van der Waals surface area contributed by atoms with Crippen molar-refractivity contribution in [3.05, 3.63) is 41.2 Å². The van der Waals surface area contributed by atoms with Gasteiger partial charge in [0.2, 0.25) is 0 Å². The number of nitrogens with zero attached hydrogens (tertiary/aromatic N) is 1. The van der Waals surface area contributed by atoms with E-state index < -0.39 is 5.91 Å². The summed E-state index contributed by atoms with van der Waals surface area (Å²) < 4.78 is 0. The van der Waals surface area contributed by atoms with E-state index >= 15 is 0 Å². The molecular weight excluding hydrogens is 200 g/mol. The molecule has 1 heterocycles. The number of halogens is 1. The molecule has 0 atom stereocenters. The molecule has 14 heavy (non-hydrogen) atoms. The molecule has 70 valence electrons. The second-order valence-electron chi connectivity index (χ2n) is 2.87. The second kappa shape index (κ2) is 3.27. The van der Waals surface area contributed by atoms with Crippen LogP contribution >= 0.6 is 11.6 Å². The number of pyridine rings is 1. The Morgan fingerprint density at radius 3 is 2.57 bits per heavy atom. The van der Waals surface area contributed by atoms with Gasteiger partial charge < -0.3 is 5.73 Å². The van der Waals surface area contributed by atoms with Gasteiger partial charge in [-0.15, -0.1) is 0 Å². The molecule has 2 N–H and O–H groups in total. The van der Waals surface area contributed by atoms with E-state index in [0.29, 0.717) is 10.7 Å². The van der Waals surface area contributed by atoms with Gasteiger partial charge in [-0.05, 0) is 5.39 Å². The molecule has 0 aliphatic heterocycles. The van der Waals surface area contributed by atoms with Crippen LogP contribution in [0, 0.1) is 0 Å². The third-order valence-corrected chi connectivity index (χ3v) is 2.31. The van der Waals surface area contributed by atoms with Gasteiger partial charge in [-0.3, -0.25) is 4.79 Å². The van der Waals surface area contributed by atoms with E-state index in [2.05, 4.69) is 4.98 Å². The maximum absolute atomic E-state index is 11.1. The fourth-order valence-electron chi connectivity index (χ4n) is 1.35. The molecule has 0 aliphatic rings. The number of carbonyl (C=O) groups is 1. The van der Waals surface area contributed by atoms with Crippen LogP contribution in [-0.2, 0) is 0 Å². The molecule has 1 amide bonds. The van der Waals surface area contributed by atoms with Crippen molar-refractivity contribution in [2.75, 3.05) is 0 Å². The number of fused-ring (bicyclic) bond motifs is 1. The molecule has 0 saturated heterocycles. The lowest BCUT2D eigenvalue weighted by atomic mass is 10.1. The highest BCUT2D eigenvalue weighted by Crippen LogP contribution is 2.23. The Balaban J connectivity index is 2.88. The topological polar surface area (TPSA) is 56.0 Å². The summed E-state index contributed by atoms with van der Waals surface area (Å²) in [5, 5.41) is 1.86. The minimum absolute atomic E-state index is 0.380. The van der Waals surface area contributed by atoms with Crippen molar-refractivity contribution in [1.82, 2.24) is 4.98 Å². The number of hydrogen-bond acceptors (Lipinski definition) is 2. The van der Waals surface area contributed by atoms with Crippen LogP contribution in [0.15, 0.2) is 30.5 Å². The van der Waals surface area contributed by atoms with E-state index in [1.165, 1.54) is 6.20 Å². The molecule has 0 aliphatic carbocycles. The highest BCUT2D eigenvalue weighted by Gasteiger charge is 2.08. The van der Waals surface area contributed by atoms with Crippen molar-refractivity contribution in [2.45, 2.75) is 0 Å². The SMILES string of the molecule is NC(=O)c1cnc(Cl)c2ccccc12. The molecule has 0 spiro atoms. The minimum Gasteiger partial charge on any atom is -0.366 e. The van der Waals surface area contributed by atoms with Gasteiger partial charge in [0.15, 0.2) is 0 Å². The van der Waals surface area contributed by atoms with E-state index in [-0.39, 0.29) is 0 Å². The van der Waals surface area contributed by atoms with Gasteiger partial charge in [0.1, 0.15) is 5.15 Å². The van der Waals surface area contributed by atoms with Crippen LogP contribution in [0.1, 0.15) is 10.4 Å². The number of amides is 1. The van der Waals surface area contributed by atoms with Gasteiger partial charge in [0.05, 0.1) is 5.56 Å². The molecule has 0 fully saturated rings. The first-order valence-corrected chi connectivity index (χ1v) is 4.41. The van der Waals surface area contributed by atoms with Gasteiger partial charge in [0, 0.05) is 11.6 Å². The summed E-state index contributed by atoms with van der Waals surface area (Å²) in [7, 11) is 0. The van der Waals surface area contributed by atoms with Crippen molar-refractivity contribution in [2.24, 2.45) is 5.73 Å². The number of aromatic nitrogens is 1. The van der Waals surface area contributed by atoms with E-state index in [9.17, 15) is 4.79 Å². The Morgan fingerprint density at radius 2 is 1.93 bits per heavy atom. The summed E-state index contributed by atoms with van der Waals surface area (Å²) in [5.74, 6) is -0.495. The van der Waals surface area contributed by atoms with Crippen molar-refractivity contribution in [3.8, 4) is 0 Å². The van der Waals surface area contributed by atoms with Crippen molar-refractivity contribution in [3.63, 3.8) is 0 Å². The van der Waals surface area contributed by atoms with Crippen LogP contribution in [0.3, 0.4) is 0 Å². The van der Waals surface area contributed by atoms with E-state index in [0.717, 1.165) is 10.8 Å². The van der Waals surface area contributed by atoms with Crippen LogP contribution in [0.5, 0.6) is 0 Å². The quantitative estimate of drug-likeness (QED) is 0.726. The van der Waals surface area contributed by atoms with Crippen LogP contribution in [0.25, 0.3) is 10.8 Å². The lowest BCUT2D eigenvalue weighted by Crippen LogP contribution is -2.11. The van der Waals surface area contributed by atoms with Gasteiger partial charge in [-0.1, -0.05) is 35.9 Å². The summed E-state index contributed by atoms with van der Waals surface area (Å²) in [6.45, 7) is 0. The van der Waals surface area contributed by atoms with Crippen molar-refractivity contribution >= 4 is 28.3 Å². The fraction of sp³-hybridized carbons (Fsp3) is 0. The van der Waals surface area contributed by atoms with Gasteiger partial charge >= 0.3 is 0 Å². The van der Waals surface area contributed by atoms with Crippen molar-refractivity contribution in [1.29, 1.82) is 0 Å².